The molecule has 0 atom stereocenters. The van der Waals surface area contributed by atoms with Crippen LogP contribution in [0.2, 0.25) is 0 Å². The minimum Gasteiger partial charge on any atom is -0.489 e. The SMILES string of the molecule is O=C(c1cccc(OCc2ccccc2)c1)N1CCN(CCNc2cc(=O)oc3ccccc23)CC1. The smallest absolute Gasteiger partial charge is 0.338 e. The van der Waals surface area contributed by atoms with Crippen LogP contribution in [0.3, 0.4) is 0 Å². The van der Waals surface area contributed by atoms with Crippen LogP contribution in [0.25, 0.3) is 11.0 Å². The van der Waals surface area contributed by atoms with Crippen molar-refractivity contribution in [2.24, 2.45) is 0 Å². The van der Waals surface area contributed by atoms with Gasteiger partial charge in [0, 0.05) is 56.3 Å². The molecule has 1 saturated heterocycles. The predicted octanol–water partition coefficient (Wildman–Crippen LogP) is 4.24. The largest absolute Gasteiger partial charge is 0.489 e. The molecular formula is C29H29N3O4. The molecule has 0 radical (unpaired) electrons. The zero-order valence-corrected chi connectivity index (χ0v) is 20.1. The standard InChI is InChI=1S/C29H29N3O4/c33-28-20-26(25-11-4-5-12-27(25)36-28)30-13-14-31-15-17-32(18-16-31)29(34)23-9-6-10-24(19-23)35-21-22-7-2-1-3-8-22/h1-12,19-20,30H,13-18,21H2. The number of carbonyl (C=O) groups is 1. The van der Waals surface area contributed by atoms with E-state index in [1.165, 1.54) is 6.07 Å². The van der Waals surface area contributed by atoms with Gasteiger partial charge in [-0.25, -0.2) is 4.79 Å². The molecule has 0 spiro atoms. The lowest BCUT2D eigenvalue weighted by atomic mass is 10.1. The summed E-state index contributed by atoms with van der Waals surface area (Å²) in [6.45, 7) is 4.93. The maximum atomic E-state index is 13.1. The van der Waals surface area contributed by atoms with E-state index in [0.29, 0.717) is 43.1 Å². The fourth-order valence-electron chi connectivity index (χ4n) is 4.42. The van der Waals surface area contributed by atoms with Crippen molar-refractivity contribution in [2.45, 2.75) is 6.61 Å². The number of benzene rings is 3. The lowest BCUT2D eigenvalue weighted by Gasteiger charge is -2.34. The van der Waals surface area contributed by atoms with Crippen molar-refractivity contribution in [3.05, 3.63) is 106 Å². The van der Waals surface area contributed by atoms with E-state index in [1.807, 2.05) is 77.7 Å². The predicted molar refractivity (Wildman–Crippen MR) is 141 cm³/mol. The molecule has 1 aliphatic rings. The molecule has 7 heteroatoms. The number of rotatable bonds is 8. The first-order chi connectivity index (χ1) is 17.7. The highest BCUT2D eigenvalue weighted by Crippen LogP contribution is 2.21. The summed E-state index contributed by atoms with van der Waals surface area (Å²) in [7, 11) is 0. The molecule has 0 unspecified atom stereocenters. The highest BCUT2D eigenvalue weighted by atomic mass is 16.5. The van der Waals surface area contributed by atoms with Gasteiger partial charge >= 0.3 is 5.63 Å². The van der Waals surface area contributed by atoms with Crippen LogP contribution in [0.1, 0.15) is 15.9 Å². The zero-order chi connectivity index (χ0) is 24.7. The Kier molecular flexibility index (Phi) is 7.28. The van der Waals surface area contributed by atoms with Crippen LogP contribution in [0, 0.1) is 0 Å². The van der Waals surface area contributed by atoms with E-state index in [1.54, 1.807) is 6.07 Å². The van der Waals surface area contributed by atoms with E-state index in [4.69, 9.17) is 9.15 Å². The Labute approximate surface area is 209 Å². The van der Waals surface area contributed by atoms with E-state index in [-0.39, 0.29) is 11.5 Å². The Bertz CT molecular complexity index is 1380. The van der Waals surface area contributed by atoms with Gasteiger partial charge in [-0.1, -0.05) is 48.5 Å². The van der Waals surface area contributed by atoms with Crippen molar-refractivity contribution in [3.8, 4) is 5.75 Å². The molecule has 0 bridgehead atoms. The minimum absolute atomic E-state index is 0.0282. The van der Waals surface area contributed by atoms with Gasteiger partial charge < -0.3 is 19.4 Å². The summed E-state index contributed by atoms with van der Waals surface area (Å²) >= 11 is 0. The first-order valence-corrected chi connectivity index (χ1v) is 12.2. The van der Waals surface area contributed by atoms with Crippen LogP contribution in [0.4, 0.5) is 5.69 Å². The summed E-state index contributed by atoms with van der Waals surface area (Å²) < 4.78 is 11.1. The van der Waals surface area contributed by atoms with E-state index < -0.39 is 0 Å². The van der Waals surface area contributed by atoms with E-state index >= 15 is 0 Å². The summed E-state index contributed by atoms with van der Waals surface area (Å²) in [5, 5.41) is 4.26. The molecule has 7 nitrogen and oxygen atoms in total. The first-order valence-electron chi connectivity index (χ1n) is 12.2. The molecule has 1 N–H and O–H groups in total. The second-order valence-corrected chi connectivity index (χ2v) is 8.84. The Morgan fingerprint density at radius 3 is 2.50 bits per heavy atom. The van der Waals surface area contributed by atoms with Gasteiger partial charge in [0.05, 0.1) is 5.69 Å². The lowest BCUT2D eigenvalue weighted by molar-refractivity contribution is 0.0641. The van der Waals surface area contributed by atoms with Gasteiger partial charge in [-0.05, 0) is 35.9 Å². The molecule has 184 valence electrons. The number of hydrogen-bond acceptors (Lipinski definition) is 6. The van der Waals surface area contributed by atoms with Gasteiger partial charge in [0.2, 0.25) is 0 Å². The monoisotopic (exact) mass is 483 g/mol. The van der Waals surface area contributed by atoms with Gasteiger partial charge in [0.1, 0.15) is 17.9 Å². The number of nitrogens with one attached hydrogen (secondary N) is 1. The van der Waals surface area contributed by atoms with Gasteiger partial charge in [0.25, 0.3) is 5.91 Å². The van der Waals surface area contributed by atoms with Gasteiger partial charge in [0.15, 0.2) is 0 Å². The lowest BCUT2D eigenvalue weighted by Crippen LogP contribution is -2.49. The van der Waals surface area contributed by atoms with Crippen molar-refractivity contribution in [1.29, 1.82) is 0 Å². The second-order valence-electron chi connectivity index (χ2n) is 8.84. The van der Waals surface area contributed by atoms with Crippen molar-refractivity contribution in [1.82, 2.24) is 9.80 Å². The Balaban J connectivity index is 1.11. The number of para-hydroxylation sites is 1. The summed E-state index contributed by atoms with van der Waals surface area (Å²) in [6, 6.07) is 26.4. The third-order valence-electron chi connectivity index (χ3n) is 6.38. The summed E-state index contributed by atoms with van der Waals surface area (Å²) in [5.41, 5.74) is 2.73. The maximum absolute atomic E-state index is 13.1. The van der Waals surface area contributed by atoms with Crippen molar-refractivity contribution in [2.75, 3.05) is 44.6 Å². The van der Waals surface area contributed by atoms with Crippen LogP contribution in [0.5, 0.6) is 5.75 Å². The molecule has 5 rings (SSSR count). The molecule has 2 heterocycles. The van der Waals surface area contributed by atoms with Gasteiger partial charge in [-0.2, -0.15) is 0 Å². The fraction of sp³-hybridized carbons (Fsp3) is 0.241. The number of hydrogen-bond donors (Lipinski definition) is 1. The van der Waals surface area contributed by atoms with Crippen LogP contribution >= 0.6 is 0 Å². The van der Waals surface area contributed by atoms with E-state index in [2.05, 4.69) is 10.2 Å². The van der Waals surface area contributed by atoms with Crippen molar-refractivity contribution >= 4 is 22.6 Å². The average Bonchev–Trinajstić information content (AvgIpc) is 2.92. The summed E-state index contributed by atoms with van der Waals surface area (Å²) in [6.07, 6.45) is 0. The zero-order valence-electron chi connectivity index (χ0n) is 20.1. The molecular weight excluding hydrogens is 454 g/mol. The highest BCUT2D eigenvalue weighted by molar-refractivity contribution is 5.94. The van der Waals surface area contributed by atoms with Crippen LogP contribution < -0.4 is 15.7 Å². The maximum Gasteiger partial charge on any atom is 0.338 e. The molecule has 36 heavy (non-hydrogen) atoms. The number of carbonyl (C=O) groups excluding carboxylic acids is 1. The molecule has 0 saturated carbocycles. The molecule has 1 aliphatic heterocycles. The topological polar surface area (TPSA) is 75.0 Å². The van der Waals surface area contributed by atoms with Crippen LogP contribution in [-0.2, 0) is 6.61 Å². The normalized spacial score (nSPS) is 14.1. The fourth-order valence-corrected chi connectivity index (χ4v) is 4.42. The Hall–Kier alpha value is -4.10. The number of fused-ring (bicyclic) bond motifs is 1. The molecule has 4 aromatic rings. The number of ether oxygens (including phenoxy) is 1. The van der Waals surface area contributed by atoms with Gasteiger partial charge in [-0.3, -0.25) is 9.69 Å². The molecule has 1 fully saturated rings. The average molecular weight is 484 g/mol. The number of piperazine rings is 1. The molecule has 1 aromatic heterocycles. The number of amides is 1. The Morgan fingerprint density at radius 2 is 1.67 bits per heavy atom. The quantitative estimate of drug-likeness (QED) is 0.378. The van der Waals surface area contributed by atoms with Crippen LogP contribution in [0.15, 0.2) is 94.1 Å². The first kappa shape index (κ1) is 23.6. The van der Waals surface area contributed by atoms with E-state index in [0.717, 1.165) is 36.3 Å². The third-order valence-corrected chi connectivity index (χ3v) is 6.38. The number of anilines is 1. The molecule has 3 aromatic carbocycles. The summed E-state index contributed by atoms with van der Waals surface area (Å²) in [4.78, 5) is 29.2. The van der Waals surface area contributed by atoms with Crippen LogP contribution in [-0.4, -0.2) is 55.0 Å². The Morgan fingerprint density at radius 1 is 0.889 bits per heavy atom. The third kappa shape index (κ3) is 5.75. The van der Waals surface area contributed by atoms with Crippen molar-refractivity contribution < 1.29 is 13.9 Å². The minimum atomic E-state index is -0.363. The molecule has 0 aliphatic carbocycles. The van der Waals surface area contributed by atoms with Gasteiger partial charge in [-0.15, -0.1) is 0 Å². The second kappa shape index (κ2) is 11.1. The van der Waals surface area contributed by atoms with Crippen molar-refractivity contribution in [3.63, 3.8) is 0 Å². The highest BCUT2D eigenvalue weighted by Gasteiger charge is 2.22. The number of nitrogens with zero attached hydrogens (tertiary/aromatic N) is 2. The molecule has 1 amide bonds. The van der Waals surface area contributed by atoms with E-state index in [9.17, 15) is 9.59 Å². The summed E-state index contributed by atoms with van der Waals surface area (Å²) in [5.74, 6) is 0.720.